The van der Waals surface area contributed by atoms with Gasteiger partial charge in [-0.25, -0.2) is 0 Å². The van der Waals surface area contributed by atoms with E-state index in [0.717, 1.165) is 0 Å². The number of alkyl halides is 1. The van der Waals surface area contributed by atoms with Gasteiger partial charge in [0.15, 0.2) is 4.67 Å². The van der Waals surface area contributed by atoms with E-state index in [4.69, 9.17) is 5.11 Å². The molecule has 0 rings (SSSR count). The molecule has 0 aliphatic heterocycles. The van der Waals surface area contributed by atoms with Crippen LogP contribution in [0.3, 0.4) is 0 Å². The van der Waals surface area contributed by atoms with E-state index in [1.165, 1.54) is 0 Å². The highest BCUT2D eigenvalue weighted by molar-refractivity contribution is 9.11. The van der Waals surface area contributed by atoms with Gasteiger partial charge < -0.3 is 5.11 Å². The fourth-order valence-corrected chi connectivity index (χ4v) is 0.967. The van der Waals surface area contributed by atoms with Gasteiger partial charge in [0.25, 0.3) is 0 Å². The number of aliphatic hydroxyl groups is 1. The zero-order valence-electron chi connectivity index (χ0n) is 2.99. The number of halogens is 2. The van der Waals surface area contributed by atoms with Crippen molar-refractivity contribution in [2.45, 2.75) is 0 Å². The summed E-state index contributed by atoms with van der Waals surface area (Å²) in [5.41, 5.74) is 0. The normalized spacial score (nSPS) is 12.0. The van der Waals surface area contributed by atoms with Gasteiger partial charge in [-0.3, -0.25) is 0 Å². The lowest BCUT2D eigenvalue weighted by molar-refractivity contribution is 0.459. The van der Waals surface area contributed by atoms with Crippen LogP contribution < -0.4 is 0 Å². The topological polar surface area (TPSA) is 20.2 Å². The number of hydrogen-bond donors (Lipinski definition) is 1. The molecule has 0 aromatic carbocycles. The van der Waals surface area contributed by atoms with Crippen LogP contribution in [0.1, 0.15) is 0 Å². The Balaban J connectivity index is 3.14. The van der Waals surface area contributed by atoms with Gasteiger partial charge in [-0.1, -0.05) is 15.9 Å². The second-order valence-corrected chi connectivity index (χ2v) is 2.14. The Morgan fingerprint density at radius 1 is 1.83 bits per heavy atom. The second-order valence-electron chi connectivity index (χ2n) is 0.681. The summed E-state index contributed by atoms with van der Waals surface area (Å²) < 4.78 is 0.180. The molecule has 0 aliphatic carbocycles. The monoisotopic (exact) mass is 214 g/mol. The maximum atomic E-state index is 8.30. The Kier molecular flexibility index (Phi) is 3.99. The molecule has 0 atom stereocenters. The quantitative estimate of drug-likeness (QED) is 0.525. The highest BCUT2D eigenvalue weighted by atomic mass is 79.9. The Labute approximate surface area is 53.3 Å². The molecule has 0 bridgehead atoms. The molecule has 0 heterocycles. The highest BCUT2D eigenvalue weighted by Crippen LogP contribution is 1.97. The van der Waals surface area contributed by atoms with Crippen LogP contribution in [0.25, 0.3) is 0 Å². The summed E-state index contributed by atoms with van der Waals surface area (Å²) >= 11 is 5.90. The molecule has 0 amide bonds. The van der Waals surface area contributed by atoms with Gasteiger partial charge in [-0.2, -0.15) is 0 Å². The third kappa shape index (κ3) is 4.50. The molecule has 1 N–H and O–H groups in total. The van der Waals surface area contributed by atoms with Crippen LogP contribution in [-0.2, 0) is 0 Å². The smallest absolute Gasteiger partial charge is 0.155 e. The van der Waals surface area contributed by atoms with Crippen LogP contribution >= 0.6 is 31.9 Å². The zero-order valence-corrected chi connectivity index (χ0v) is 6.16. The summed E-state index contributed by atoms with van der Waals surface area (Å²) in [7, 11) is 0. The Morgan fingerprint density at radius 2 is 2.33 bits per heavy atom. The molecule has 0 aromatic rings. The van der Waals surface area contributed by atoms with Gasteiger partial charge in [0.2, 0.25) is 0 Å². The molecule has 1 nitrogen and oxygen atoms in total. The minimum absolute atomic E-state index is 0.180. The molecule has 0 spiro atoms. The second kappa shape index (κ2) is 3.68. The van der Waals surface area contributed by atoms with Gasteiger partial charge >= 0.3 is 0 Å². The van der Waals surface area contributed by atoms with Crippen molar-refractivity contribution in [1.29, 1.82) is 0 Å². The Hall–Kier alpha value is 0.500. The number of aliphatic hydroxyl groups excluding tert-OH is 1. The van der Waals surface area contributed by atoms with Crippen molar-refractivity contribution in [3.05, 3.63) is 10.7 Å². The van der Waals surface area contributed by atoms with Crippen molar-refractivity contribution in [3.8, 4) is 0 Å². The van der Waals surface area contributed by atoms with E-state index in [2.05, 4.69) is 31.9 Å². The van der Waals surface area contributed by atoms with E-state index in [0.29, 0.717) is 5.33 Å². The molecule has 0 unspecified atom stereocenters. The predicted octanol–water partition coefficient (Wildman–Crippen LogP) is 2.18. The maximum absolute atomic E-state index is 8.30. The van der Waals surface area contributed by atoms with Gasteiger partial charge in [-0.05, 0) is 22.0 Å². The first kappa shape index (κ1) is 6.50. The summed E-state index contributed by atoms with van der Waals surface area (Å²) in [6.45, 7) is 0. The highest BCUT2D eigenvalue weighted by Gasteiger charge is 1.74. The minimum Gasteiger partial charge on any atom is -0.502 e. The van der Waals surface area contributed by atoms with Crippen molar-refractivity contribution >= 4 is 31.9 Å². The van der Waals surface area contributed by atoms with Crippen LogP contribution in [0, 0.1) is 0 Å². The number of allylic oxidation sites excluding steroid dienone is 1. The van der Waals surface area contributed by atoms with E-state index in [1.54, 1.807) is 6.08 Å². The molecular weight excluding hydrogens is 212 g/mol. The Bertz CT molecular complexity index is 55.8. The van der Waals surface area contributed by atoms with E-state index >= 15 is 0 Å². The molecule has 0 saturated heterocycles. The molecule has 36 valence electrons. The summed E-state index contributed by atoms with van der Waals surface area (Å²) in [5.74, 6) is 0. The van der Waals surface area contributed by atoms with Crippen LogP contribution in [0.15, 0.2) is 10.7 Å². The fourth-order valence-electron chi connectivity index (χ4n) is 0.0637. The maximum Gasteiger partial charge on any atom is 0.155 e. The SMILES string of the molecule is O/C(Br)=C/CBr. The largest absolute Gasteiger partial charge is 0.502 e. The van der Waals surface area contributed by atoms with Gasteiger partial charge in [0.05, 0.1) is 0 Å². The molecule has 0 aliphatic rings. The van der Waals surface area contributed by atoms with E-state index < -0.39 is 0 Å². The molecule has 0 fully saturated rings. The van der Waals surface area contributed by atoms with Crippen molar-refractivity contribution < 1.29 is 5.11 Å². The molecular formula is C3H4Br2O. The van der Waals surface area contributed by atoms with E-state index in [-0.39, 0.29) is 4.67 Å². The van der Waals surface area contributed by atoms with Crippen LogP contribution in [0.4, 0.5) is 0 Å². The summed E-state index contributed by atoms with van der Waals surface area (Å²) in [5, 5.41) is 8.98. The molecule has 6 heavy (non-hydrogen) atoms. The van der Waals surface area contributed by atoms with E-state index in [1.807, 2.05) is 0 Å². The molecule has 0 aromatic heterocycles. The predicted molar refractivity (Wildman–Crippen MR) is 33.4 cm³/mol. The van der Waals surface area contributed by atoms with E-state index in [9.17, 15) is 0 Å². The first-order chi connectivity index (χ1) is 2.77. The van der Waals surface area contributed by atoms with Crippen molar-refractivity contribution in [2.75, 3.05) is 5.33 Å². The third-order valence-corrected chi connectivity index (χ3v) is 0.893. The Morgan fingerprint density at radius 3 is 2.33 bits per heavy atom. The van der Waals surface area contributed by atoms with Gasteiger partial charge in [0.1, 0.15) is 0 Å². The summed E-state index contributed by atoms with van der Waals surface area (Å²) in [4.78, 5) is 0. The molecule has 0 saturated carbocycles. The lowest BCUT2D eigenvalue weighted by atomic mass is 10.7. The average Bonchev–Trinajstić information content (AvgIpc) is 1.35. The first-order valence-corrected chi connectivity index (χ1v) is 3.29. The zero-order chi connectivity index (χ0) is 4.99. The lowest BCUT2D eigenvalue weighted by Crippen LogP contribution is -1.62. The van der Waals surface area contributed by atoms with Crippen LogP contribution in [-0.4, -0.2) is 10.4 Å². The van der Waals surface area contributed by atoms with Crippen LogP contribution in [0.2, 0.25) is 0 Å². The average molecular weight is 216 g/mol. The number of hydrogen-bond acceptors (Lipinski definition) is 1. The first-order valence-electron chi connectivity index (χ1n) is 1.38. The lowest BCUT2D eigenvalue weighted by Gasteiger charge is -1.76. The molecule has 3 heteroatoms. The molecule has 0 radical (unpaired) electrons. The van der Waals surface area contributed by atoms with Crippen LogP contribution in [0.5, 0.6) is 0 Å². The van der Waals surface area contributed by atoms with Gasteiger partial charge in [-0.15, -0.1) is 0 Å². The standard InChI is InChI=1S/C3H4Br2O/c4-2-1-3(5)6/h1,6H,2H2/b3-1+. The summed E-state index contributed by atoms with van der Waals surface area (Å²) in [6, 6.07) is 0. The van der Waals surface area contributed by atoms with Crippen molar-refractivity contribution in [1.82, 2.24) is 0 Å². The van der Waals surface area contributed by atoms with Gasteiger partial charge in [0, 0.05) is 5.33 Å². The third-order valence-electron chi connectivity index (χ3n) is 0.246. The van der Waals surface area contributed by atoms with Crippen molar-refractivity contribution in [2.24, 2.45) is 0 Å². The summed E-state index contributed by atoms with van der Waals surface area (Å²) in [6.07, 6.45) is 1.60. The van der Waals surface area contributed by atoms with Crippen molar-refractivity contribution in [3.63, 3.8) is 0 Å². The fraction of sp³-hybridized carbons (Fsp3) is 0.333. The number of rotatable bonds is 1. The minimum atomic E-state index is 0.180.